The Balaban J connectivity index is 1.01. The van der Waals surface area contributed by atoms with Crippen LogP contribution in [0, 0.1) is 0 Å². The van der Waals surface area contributed by atoms with Crippen LogP contribution in [0.5, 0.6) is 0 Å². The molecule has 4 aromatic rings. The highest BCUT2D eigenvalue weighted by Crippen LogP contribution is 2.23. The van der Waals surface area contributed by atoms with Crippen molar-refractivity contribution in [2.45, 2.75) is 149 Å². The van der Waals surface area contributed by atoms with E-state index in [1.165, 1.54) is 75.3 Å². The number of carbonyl (C=O) groups is 8. The van der Waals surface area contributed by atoms with E-state index in [1.807, 2.05) is 0 Å². The number of benzene rings is 4. The van der Waals surface area contributed by atoms with Crippen molar-refractivity contribution >= 4 is 47.4 Å². The van der Waals surface area contributed by atoms with Gasteiger partial charge in [0.05, 0.1) is 33.0 Å². The second-order valence-corrected chi connectivity index (χ2v) is 22.3. The van der Waals surface area contributed by atoms with Gasteiger partial charge in [-0.1, -0.05) is 123 Å². The van der Waals surface area contributed by atoms with Crippen LogP contribution in [-0.4, -0.2) is 151 Å². The second kappa shape index (κ2) is 30.2. The summed E-state index contributed by atoms with van der Waals surface area (Å²) < 4.78 is 22.3. The molecular formula is C62H80N4O16. The van der Waals surface area contributed by atoms with Gasteiger partial charge in [0, 0.05) is 48.4 Å². The third kappa shape index (κ3) is 20.4. The Hall–Kier alpha value is -7.20. The third-order valence-corrected chi connectivity index (χ3v) is 13.5. The lowest BCUT2D eigenvalue weighted by molar-refractivity contribution is 0.0163. The number of ketones is 4. The van der Waals surface area contributed by atoms with Crippen LogP contribution in [-0.2, 0) is 45.4 Å². The number of nitrogens with one attached hydrogen (secondary N) is 1. The van der Waals surface area contributed by atoms with Crippen molar-refractivity contribution in [2.24, 2.45) is 0 Å². The summed E-state index contributed by atoms with van der Waals surface area (Å²) in [6, 6.07) is 25.4. The molecule has 1 aliphatic heterocycles. The Morgan fingerprint density at radius 2 is 0.793 bits per heavy atom. The number of hydrogen-bond acceptors (Lipinski definition) is 16. The number of carbonyl (C=O) groups excluding carboxylic acids is 8. The summed E-state index contributed by atoms with van der Waals surface area (Å²) in [5.74, 6) is -1.87. The fraction of sp³-hybridized carbons (Fsp3) is 0.484. The molecule has 1 heterocycles. The van der Waals surface area contributed by atoms with Gasteiger partial charge in [0.15, 0.2) is 23.1 Å². The van der Waals surface area contributed by atoms with Gasteiger partial charge in [-0.05, 0) is 96.4 Å². The maximum atomic E-state index is 13.8. The number of unbranched alkanes of at least 4 members (excludes halogenated alkanes) is 6. The molecule has 0 bridgehead atoms. The van der Waals surface area contributed by atoms with Crippen LogP contribution in [0.1, 0.15) is 164 Å². The Morgan fingerprint density at radius 1 is 0.451 bits per heavy atom. The van der Waals surface area contributed by atoms with Gasteiger partial charge in [0.1, 0.15) is 35.6 Å². The van der Waals surface area contributed by atoms with E-state index >= 15 is 0 Å². The van der Waals surface area contributed by atoms with E-state index in [0.717, 1.165) is 24.0 Å². The van der Waals surface area contributed by atoms with Crippen molar-refractivity contribution in [3.05, 3.63) is 142 Å². The quantitative estimate of drug-likeness (QED) is 0.0213. The number of rotatable bonds is 35. The van der Waals surface area contributed by atoms with Crippen molar-refractivity contribution in [3.63, 3.8) is 0 Å². The molecule has 1 unspecified atom stereocenters. The monoisotopic (exact) mass is 1140 g/mol. The summed E-state index contributed by atoms with van der Waals surface area (Å²) >= 11 is 0. The van der Waals surface area contributed by atoms with Crippen LogP contribution in [0.15, 0.2) is 97.1 Å². The van der Waals surface area contributed by atoms with Crippen LogP contribution in [0.3, 0.4) is 0 Å². The van der Waals surface area contributed by atoms with Crippen molar-refractivity contribution in [3.8, 4) is 0 Å². The molecule has 0 saturated carbocycles. The smallest absolute Gasteiger partial charge is 0.410 e. The minimum Gasteiger partial charge on any atom is -0.445 e. The van der Waals surface area contributed by atoms with E-state index in [9.17, 15) is 58.8 Å². The van der Waals surface area contributed by atoms with Gasteiger partial charge >= 0.3 is 24.2 Å². The Morgan fingerprint density at radius 3 is 1.18 bits per heavy atom. The van der Waals surface area contributed by atoms with Crippen molar-refractivity contribution in [1.82, 2.24) is 20.0 Å². The fourth-order valence-corrected chi connectivity index (χ4v) is 8.65. The minimum absolute atomic E-state index is 0.0122. The molecule has 1 aliphatic rings. The molecule has 0 spiro atoms. The predicted molar refractivity (Wildman–Crippen MR) is 303 cm³/mol. The topological polar surface area (TPSA) is 276 Å². The molecule has 1 saturated heterocycles. The van der Waals surface area contributed by atoms with Crippen LogP contribution >= 0.6 is 0 Å². The van der Waals surface area contributed by atoms with Gasteiger partial charge in [-0.3, -0.25) is 19.2 Å². The molecule has 5 N–H and O–H groups in total. The fourth-order valence-electron chi connectivity index (χ4n) is 8.65. The highest BCUT2D eigenvalue weighted by molar-refractivity contribution is 6.11. The zero-order valence-corrected chi connectivity index (χ0v) is 48.2. The first kappa shape index (κ1) is 65.6. The molecule has 1 atom stereocenters. The number of hydrogen-bond donors (Lipinski definition) is 5. The first-order valence-electron chi connectivity index (χ1n) is 27.7. The van der Waals surface area contributed by atoms with E-state index < -0.39 is 58.5 Å². The average Bonchev–Trinajstić information content (AvgIpc) is 3.11. The third-order valence-electron chi connectivity index (χ3n) is 13.5. The Bertz CT molecular complexity index is 2780. The average molecular weight is 1140 g/mol. The van der Waals surface area contributed by atoms with Gasteiger partial charge in [-0.2, -0.15) is 0 Å². The molecule has 4 aromatic carbocycles. The normalized spacial score (nSPS) is 13.5. The maximum Gasteiger partial charge on any atom is 0.410 e. The van der Waals surface area contributed by atoms with Crippen molar-refractivity contribution in [2.75, 3.05) is 45.9 Å². The molecule has 444 valence electrons. The highest BCUT2D eigenvalue weighted by Gasteiger charge is 2.42. The molecule has 0 radical (unpaired) electrons. The SMILES string of the molecule is CC(C)(O)C(=O)c1ccc(COCCOCc2ccc(C(=O)C(C)(O)CN(CCCCCCN3C(=O)N(CCCCCCNC(=O)OCc4ccc(C(=O)C(C)(C)O)cc4)C3=O)C(=O)OCc3ccc(C(=O)C(C)(C)O)cc3)cc2)cc1. The number of Topliss-reactive ketones (excluding diaryl/α,β-unsaturated/α-hetero) is 4. The van der Waals surface area contributed by atoms with E-state index in [2.05, 4.69) is 5.32 Å². The van der Waals surface area contributed by atoms with Gasteiger partial charge in [-0.15, -0.1) is 0 Å². The number of amides is 6. The van der Waals surface area contributed by atoms with Gasteiger partial charge < -0.3 is 49.6 Å². The summed E-state index contributed by atoms with van der Waals surface area (Å²) in [6.45, 7) is 11.4. The first-order valence-corrected chi connectivity index (χ1v) is 27.7. The van der Waals surface area contributed by atoms with Gasteiger partial charge in [0.25, 0.3) is 0 Å². The standard InChI is InChI=1S/C62H80N4O16/c1-59(2,75)51(67)47-24-16-43(17-25-47)38-79-36-37-80-39-44-18-30-50(31-19-44)54(70)62(7,78)42-64(58(74)82-41-46-22-28-49(29-23-46)53(69)61(5,6)77)33-13-10-11-15-35-66-56(72)65(57(66)73)34-14-9-8-12-32-63-55(71)81-40-45-20-26-48(27-21-45)52(68)60(3,4)76/h16-31,75-78H,8-15,32-42H2,1-7H3,(H,63,71). The number of urea groups is 2. The molecule has 1 fully saturated rings. The largest absolute Gasteiger partial charge is 0.445 e. The number of nitrogens with zero attached hydrogens (tertiary/aromatic N) is 3. The molecule has 0 aromatic heterocycles. The summed E-state index contributed by atoms with van der Waals surface area (Å²) in [5, 5.41) is 44.3. The van der Waals surface area contributed by atoms with Crippen LogP contribution in [0.2, 0.25) is 0 Å². The summed E-state index contributed by atoms with van der Waals surface area (Å²) in [7, 11) is 0. The maximum absolute atomic E-state index is 13.8. The number of aliphatic hydroxyl groups is 4. The molecule has 5 rings (SSSR count). The lowest BCUT2D eigenvalue weighted by atomic mass is 9.93. The molecular weight excluding hydrogens is 1060 g/mol. The Kier molecular flexibility index (Phi) is 24.2. The van der Waals surface area contributed by atoms with E-state index in [4.69, 9.17) is 18.9 Å². The lowest BCUT2D eigenvalue weighted by Gasteiger charge is -2.39. The van der Waals surface area contributed by atoms with Crippen LogP contribution in [0.25, 0.3) is 0 Å². The summed E-state index contributed by atoms with van der Waals surface area (Å²) in [6.07, 6.45) is 3.55. The molecule has 20 heteroatoms. The number of ether oxygens (including phenoxy) is 4. The highest BCUT2D eigenvalue weighted by atomic mass is 16.6. The van der Waals surface area contributed by atoms with Gasteiger partial charge in [-0.25, -0.2) is 29.0 Å². The predicted octanol–water partition coefficient (Wildman–Crippen LogP) is 8.76. The summed E-state index contributed by atoms with van der Waals surface area (Å²) in [5.41, 5.74) is -2.43. The number of alkyl carbamates (subject to hydrolysis) is 1. The molecule has 82 heavy (non-hydrogen) atoms. The Labute approximate surface area is 479 Å². The minimum atomic E-state index is -2.03. The molecule has 20 nitrogen and oxygen atoms in total. The summed E-state index contributed by atoms with van der Waals surface area (Å²) in [4.78, 5) is 106. The van der Waals surface area contributed by atoms with E-state index in [0.29, 0.717) is 80.5 Å². The molecule has 6 amide bonds. The lowest BCUT2D eigenvalue weighted by Crippen LogP contribution is -2.64. The first-order chi connectivity index (χ1) is 38.6. The molecule has 0 aliphatic carbocycles. The second-order valence-electron chi connectivity index (χ2n) is 22.3. The van der Waals surface area contributed by atoms with Crippen molar-refractivity contribution in [1.29, 1.82) is 0 Å². The van der Waals surface area contributed by atoms with Crippen molar-refractivity contribution < 1.29 is 77.7 Å². The van der Waals surface area contributed by atoms with Crippen LogP contribution < -0.4 is 5.32 Å². The zero-order valence-electron chi connectivity index (χ0n) is 48.2. The van der Waals surface area contributed by atoms with E-state index in [-0.39, 0.29) is 75.0 Å². The van der Waals surface area contributed by atoms with Crippen LogP contribution in [0.4, 0.5) is 19.2 Å². The number of imide groups is 2. The zero-order chi connectivity index (χ0) is 60.3. The van der Waals surface area contributed by atoms with Gasteiger partial charge in [0.2, 0.25) is 0 Å². The van der Waals surface area contributed by atoms with E-state index in [1.54, 1.807) is 84.9 Å².